The fourth-order valence-corrected chi connectivity index (χ4v) is 2.77. The first-order chi connectivity index (χ1) is 12.3. The first kappa shape index (κ1) is 20.8. The van der Waals surface area contributed by atoms with Gasteiger partial charge in [0, 0.05) is 0 Å². The minimum Gasteiger partial charge on any atom is -0.743 e. The Morgan fingerprint density at radius 3 is 2.22 bits per heavy atom. The van der Waals surface area contributed by atoms with Crippen molar-refractivity contribution in [1.82, 2.24) is 0 Å². The molecule has 0 spiro atoms. The van der Waals surface area contributed by atoms with Crippen molar-refractivity contribution in [3.05, 3.63) is 54.1 Å². The Morgan fingerprint density at radius 2 is 1.70 bits per heavy atom. The summed E-state index contributed by atoms with van der Waals surface area (Å²) >= 11 is 0. The minimum absolute atomic E-state index is 0.00711. The molecule has 1 atom stereocenters. The van der Waals surface area contributed by atoms with Gasteiger partial charge < -0.3 is 9.29 Å². The topological polar surface area (TPSA) is 83.5 Å². The number of hydrogen-bond donors (Lipinski definition) is 0. The molecule has 2 aromatic carbocycles. The van der Waals surface area contributed by atoms with Crippen LogP contribution in [0.1, 0.15) is 15.9 Å². The molecule has 0 bridgehead atoms. The summed E-state index contributed by atoms with van der Waals surface area (Å²) in [5.41, 5.74) is -0.565. The van der Waals surface area contributed by atoms with Gasteiger partial charge in [0.15, 0.2) is 10.1 Å². The van der Waals surface area contributed by atoms with Crippen LogP contribution in [0.5, 0.6) is 0 Å². The van der Waals surface area contributed by atoms with Crippen LogP contribution in [0.3, 0.4) is 0 Å². The predicted octanol–water partition coefficient (Wildman–Crippen LogP) is 3.71. The molecule has 0 radical (unpaired) electrons. The van der Waals surface area contributed by atoms with Gasteiger partial charge in [-0.05, 0) is 22.4 Å². The Labute approximate surface area is 149 Å². The average Bonchev–Trinajstić information content (AvgIpc) is 2.56. The van der Waals surface area contributed by atoms with Gasteiger partial charge in [0.25, 0.3) is 6.10 Å². The molecule has 1 unspecified atom stereocenters. The first-order valence-electron chi connectivity index (χ1n) is 7.06. The van der Waals surface area contributed by atoms with Gasteiger partial charge in [0.05, 0.1) is 5.56 Å². The van der Waals surface area contributed by atoms with E-state index in [-0.39, 0.29) is 5.56 Å². The normalized spacial score (nSPS) is 14.0. The number of hydrogen-bond acceptors (Lipinski definition) is 5. The summed E-state index contributed by atoms with van der Waals surface area (Å²) in [6, 6.07) is 8.66. The third kappa shape index (κ3) is 3.93. The summed E-state index contributed by atoms with van der Waals surface area (Å²) in [6.07, 6.45) is -9.38. The van der Waals surface area contributed by atoms with Gasteiger partial charge >= 0.3 is 17.4 Å². The number of fused-ring (bicyclic) bond motifs is 1. The van der Waals surface area contributed by atoms with Crippen LogP contribution in [0.15, 0.2) is 43.0 Å². The molecule has 2 aromatic rings. The average molecular weight is 409 g/mol. The molecule has 0 aromatic heterocycles. The fraction of sp³-hybridized carbons (Fsp3) is 0.188. The van der Waals surface area contributed by atoms with Crippen LogP contribution in [-0.4, -0.2) is 36.5 Å². The third-order valence-electron chi connectivity index (χ3n) is 3.56. The molecule has 146 valence electrons. The smallest absolute Gasteiger partial charge is 0.432 e. The second kappa shape index (κ2) is 6.89. The monoisotopic (exact) mass is 409 g/mol. The highest BCUT2D eigenvalue weighted by Gasteiger charge is 2.63. The largest absolute Gasteiger partial charge is 0.743 e. The molecule has 0 amide bonds. The van der Waals surface area contributed by atoms with Gasteiger partial charge in [-0.2, -0.15) is 22.0 Å². The summed E-state index contributed by atoms with van der Waals surface area (Å²) in [5, 5.41) is -4.97. The van der Waals surface area contributed by atoms with Gasteiger partial charge in [-0.3, -0.25) is 0 Å². The number of alkyl halides is 5. The van der Waals surface area contributed by atoms with E-state index in [9.17, 15) is 39.7 Å². The van der Waals surface area contributed by atoms with Crippen molar-refractivity contribution in [2.75, 3.05) is 0 Å². The van der Waals surface area contributed by atoms with Crippen LogP contribution >= 0.6 is 0 Å². The maximum absolute atomic E-state index is 13.5. The zero-order valence-electron chi connectivity index (χ0n) is 13.2. The second-order valence-electron chi connectivity index (χ2n) is 5.29. The van der Waals surface area contributed by atoms with E-state index in [1.165, 1.54) is 12.1 Å². The van der Waals surface area contributed by atoms with Crippen molar-refractivity contribution in [2.24, 2.45) is 0 Å². The maximum atomic E-state index is 13.5. The van der Waals surface area contributed by atoms with Crippen molar-refractivity contribution in [3.63, 3.8) is 0 Å². The number of rotatable bonds is 5. The molecular formula is C16H10F5O5S-. The summed E-state index contributed by atoms with van der Waals surface area (Å²) < 4.78 is 101. The molecule has 0 heterocycles. The van der Waals surface area contributed by atoms with Crippen LogP contribution < -0.4 is 0 Å². The van der Waals surface area contributed by atoms with Crippen molar-refractivity contribution >= 4 is 32.9 Å². The van der Waals surface area contributed by atoms with Gasteiger partial charge in [-0.25, -0.2) is 13.2 Å². The van der Waals surface area contributed by atoms with E-state index in [1.807, 2.05) is 0 Å². The number of carbonyl (C=O) groups excluding carboxylic acids is 1. The lowest BCUT2D eigenvalue weighted by molar-refractivity contribution is -0.248. The molecule has 0 aliphatic rings. The number of ether oxygens (including phenoxy) is 1. The highest BCUT2D eigenvalue weighted by molar-refractivity contribution is 7.86. The summed E-state index contributed by atoms with van der Waals surface area (Å²) in [5.74, 6) is -1.89. The molecule has 11 heteroatoms. The molecule has 0 fully saturated rings. The zero-order chi connectivity index (χ0) is 20.6. The molecule has 2 rings (SSSR count). The van der Waals surface area contributed by atoms with Crippen LogP contribution in [0.2, 0.25) is 0 Å². The SMILES string of the molecule is C=Cc1c(C(=O)OC(C(F)(F)F)C(F)(F)S(=O)(=O)[O-])ccc2ccccc12. The second-order valence-corrected chi connectivity index (χ2v) is 6.75. The van der Waals surface area contributed by atoms with E-state index >= 15 is 0 Å². The first-order valence-corrected chi connectivity index (χ1v) is 8.46. The van der Waals surface area contributed by atoms with Gasteiger partial charge in [-0.15, -0.1) is 0 Å². The fourth-order valence-electron chi connectivity index (χ4n) is 2.32. The van der Waals surface area contributed by atoms with Gasteiger partial charge in [0.1, 0.15) is 0 Å². The molecule has 0 aliphatic heterocycles. The summed E-state index contributed by atoms with van der Waals surface area (Å²) in [4.78, 5) is 12.1. The quantitative estimate of drug-likeness (QED) is 0.427. The van der Waals surface area contributed by atoms with Crippen LogP contribution in [0.25, 0.3) is 16.8 Å². The lowest BCUT2D eigenvalue weighted by Gasteiger charge is -2.29. The van der Waals surface area contributed by atoms with Gasteiger partial charge in [-0.1, -0.05) is 43.0 Å². The number of benzene rings is 2. The number of carbonyl (C=O) groups is 1. The zero-order valence-corrected chi connectivity index (χ0v) is 14.0. The van der Waals surface area contributed by atoms with Crippen molar-refractivity contribution in [1.29, 1.82) is 0 Å². The standard InChI is InChI=1S/C16H11F5O5S/c1-2-10-11-6-4-3-5-9(11)7-8-12(10)13(22)26-14(15(17,18)19)16(20,21)27(23,24)25/h2-8,14H,1H2,(H,23,24,25)/p-1. The maximum Gasteiger partial charge on any atom is 0.432 e. The predicted molar refractivity (Wildman–Crippen MR) is 83.9 cm³/mol. The summed E-state index contributed by atoms with van der Waals surface area (Å²) in [6.45, 7) is 3.42. The highest BCUT2D eigenvalue weighted by Crippen LogP contribution is 2.38. The molecule has 0 saturated carbocycles. The Balaban J connectivity index is 2.54. The Bertz CT molecular complexity index is 998. The molecule has 0 N–H and O–H groups in total. The van der Waals surface area contributed by atoms with E-state index in [4.69, 9.17) is 0 Å². The molecular weight excluding hydrogens is 399 g/mol. The molecule has 27 heavy (non-hydrogen) atoms. The lowest BCUT2D eigenvalue weighted by atomic mass is 9.99. The highest BCUT2D eigenvalue weighted by atomic mass is 32.2. The Kier molecular flexibility index (Phi) is 5.30. The molecule has 0 saturated heterocycles. The van der Waals surface area contributed by atoms with Crippen molar-refractivity contribution in [3.8, 4) is 0 Å². The van der Waals surface area contributed by atoms with Crippen LogP contribution in [0, 0.1) is 0 Å². The van der Waals surface area contributed by atoms with E-state index in [0.29, 0.717) is 10.8 Å². The van der Waals surface area contributed by atoms with E-state index in [2.05, 4.69) is 11.3 Å². The molecule has 0 aliphatic carbocycles. The van der Waals surface area contributed by atoms with E-state index in [1.54, 1.807) is 18.2 Å². The minimum atomic E-state index is -6.76. The van der Waals surface area contributed by atoms with E-state index in [0.717, 1.165) is 12.1 Å². The third-order valence-corrected chi connectivity index (χ3v) is 4.44. The Hall–Kier alpha value is -2.53. The van der Waals surface area contributed by atoms with Crippen LogP contribution in [0.4, 0.5) is 22.0 Å². The number of esters is 1. The Morgan fingerprint density at radius 1 is 1.11 bits per heavy atom. The van der Waals surface area contributed by atoms with Gasteiger partial charge in [0.2, 0.25) is 0 Å². The molecule has 5 nitrogen and oxygen atoms in total. The van der Waals surface area contributed by atoms with Crippen molar-refractivity contribution in [2.45, 2.75) is 17.5 Å². The summed E-state index contributed by atoms with van der Waals surface area (Å²) in [7, 11) is -6.76. The number of halogens is 5. The van der Waals surface area contributed by atoms with Crippen LogP contribution in [-0.2, 0) is 14.9 Å². The van der Waals surface area contributed by atoms with E-state index < -0.39 is 39.2 Å². The van der Waals surface area contributed by atoms with Crippen molar-refractivity contribution < 1.29 is 44.5 Å². The lowest BCUT2D eigenvalue weighted by Crippen LogP contribution is -2.52.